The summed E-state index contributed by atoms with van der Waals surface area (Å²) in [5, 5.41) is 10.0. The van der Waals surface area contributed by atoms with Crippen LogP contribution in [-0.2, 0) is 4.74 Å². The highest BCUT2D eigenvalue weighted by atomic mass is 16.6. The monoisotopic (exact) mass is 173 g/mol. The van der Waals surface area contributed by atoms with Crippen LogP contribution in [0.5, 0.6) is 0 Å². The fourth-order valence-electron chi connectivity index (χ4n) is 1.01. The van der Waals surface area contributed by atoms with E-state index in [2.05, 4.69) is 0 Å². The minimum atomic E-state index is -0.551. The summed E-state index contributed by atoms with van der Waals surface area (Å²) in [5.41, 5.74) is 5.44. The molecule has 0 amide bonds. The molecule has 0 unspecified atom stereocenters. The number of nitro groups is 1. The minimum Gasteiger partial charge on any atom is -0.380 e. The Hall–Kier alpha value is -1.30. The molecule has 0 radical (unpaired) electrons. The zero-order valence-corrected chi connectivity index (χ0v) is 6.60. The van der Waals surface area contributed by atoms with Crippen molar-refractivity contribution >= 4 is 0 Å². The van der Waals surface area contributed by atoms with E-state index >= 15 is 0 Å². The molecule has 1 heterocycles. The summed E-state index contributed by atoms with van der Waals surface area (Å²) in [7, 11) is 0. The third-order valence-electron chi connectivity index (χ3n) is 1.61. The molecular weight excluding hydrogens is 162 g/mol. The van der Waals surface area contributed by atoms with Crippen molar-refractivity contribution in [2.75, 3.05) is 26.3 Å². The molecule has 68 valence electrons. The van der Waals surface area contributed by atoms with Crippen LogP contribution in [0.4, 0.5) is 0 Å². The topological polar surface area (TPSA) is 81.6 Å². The van der Waals surface area contributed by atoms with Crippen LogP contribution in [0.2, 0.25) is 0 Å². The smallest absolute Gasteiger partial charge is 0.274 e. The van der Waals surface area contributed by atoms with E-state index in [0.717, 1.165) is 6.20 Å². The van der Waals surface area contributed by atoms with Gasteiger partial charge >= 0.3 is 0 Å². The van der Waals surface area contributed by atoms with Crippen LogP contribution >= 0.6 is 0 Å². The van der Waals surface area contributed by atoms with E-state index in [4.69, 9.17) is 10.5 Å². The van der Waals surface area contributed by atoms with Gasteiger partial charge in [-0.05, 0) is 0 Å². The summed E-state index contributed by atoms with van der Waals surface area (Å²) in [6.07, 6.45) is 0.811. The summed E-state index contributed by atoms with van der Waals surface area (Å²) in [5.74, 6) is 0.198. The van der Waals surface area contributed by atoms with Gasteiger partial charge in [0.15, 0.2) is 5.82 Å². The molecule has 0 aromatic heterocycles. The highest BCUT2D eigenvalue weighted by molar-refractivity contribution is 4.91. The Morgan fingerprint density at radius 3 is 2.67 bits per heavy atom. The van der Waals surface area contributed by atoms with Crippen molar-refractivity contribution in [2.45, 2.75) is 0 Å². The zero-order chi connectivity index (χ0) is 8.97. The van der Waals surface area contributed by atoms with E-state index in [0.29, 0.717) is 26.3 Å². The number of hydrogen-bond donors (Lipinski definition) is 1. The van der Waals surface area contributed by atoms with Crippen LogP contribution in [0.25, 0.3) is 0 Å². The molecule has 1 saturated heterocycles. The average molecular weight is 173 g/mol. The third-order valence-corrected chi connectivity index (χ3v) is 1.61. The molecule has 0 atom stereocenters. The molecule has 0 aromatic rings. The first-order valence-electron chi connectivity index (χ1n) is 3.63. The molecule has 6 nitrogen and oxygen atoms in total. The third kappa shape index (κ3) is 2.39. The van der Waals surface area contributed by atoms with Crippen molar-refractivity contribution < 1.29 is 9.66 Å². The molecule has 12 heavy (non-hydrogen) atoms. The molecule has 6 heteroatoms. The first-order valence-corrected chi connectivity index (χ1v) is 3.63. The van der Waals surface area contributed by atoms with Crippen LogP contribution in [-0.4, -0.2) is 36.1 Å². The fraction of sp³-hybridized carbons (Fsp3) is 0.667. The highest BCUT2D eigenvalue weighted by Gasteiger charge is 2.12. The molecule has 1 rings (SSSR count). The molecule has 1 aliphatic heterocycles. The van der Waals surface area contributed by atoms with Gasteiger partial charge in [0.25, 0.3) is 6.20 Å². The number of rotatable bonds is 2. The predicted octanol–water partition coefficient (Wildman–Crippen LogP) is -0.647. The predicted molar refractivity (Wildman–Crippen MR) is 41.7 cm³/mol. The molecule has 0 saturated carbocycles. The van der Waals surface area contributed by atoms with Crippen LogP contribution in [0.15, 0.2) is 12.0 Å². The maximum absolute atomic E-state index is 10.0. The molecule has 2 N–H and O–H groups in total. The number of morpholine rings is 1. The Morgan fingerprint density at radius 1 is 1.58 bits per heavy atom. The van der Waals surface area contributed by atoms with Crippen molar-refractivity contribution in [2.24, 2.45) is 5.73 Å². The summed E-state index contributed by atoms with van der Waals surface area (Å²) < 4.78 is 5.06. The molecule has 0 bridgehead atoms. The van der Waals surface area contributed by atoms with Gasteiger partial charge in [-0.2, -0.15) is 0 Å². The van der Waals surface area contributed by atoms with E-state index < -0.39 is 4.92 Å². The van der Waals surface area contributed by atoms with E-state index in [9.17, 15) is 10.1 Å². The maximum atomic E-state index is 10.0. The Bertz CT molecular complexity index is 198. The van der Waals surface area contributed by atoms with Gasteiger partial charge in [0, 0.05) is 13.1 Å². The van der Waals surface area contributed by atoms with Gasteiger partial charge in [0.05, 0.1) is 18.1 Å². The number of nitrogens with two attached hydrogens (primary N) is 1. The van der Waals surface area contributed by atoms with Crippen LogP contribution < -0.4 is 5.73 Å². The number of ether oxygens (including phenoxy) is 1. The zero-order valence-electron chi connectivity index (χ0n) is 6.60. The standard InChI is InChI=1S/C6H11N3O3/c7-6(5-9(10)11)8-1-3-12-4-2-8/h5H,1-4,7H2/b6-5-. The lowest BCUT2D eigenvalue weighted by Gasteiger charge is -2.27. The maximum Gasteiger partial charge on any atom is 0.274 e. The molecular formula is C6H11N3O3. The van der Waals surface area contributed by atoms with Gasteiger partial charge in [-0.1, -0.05) is 0 Å². The van der Waals surface area contributed by atoms with E-state index in [1.54, 1.807) is 4.90 Å². The van der Waals surface area contributed by atoms with Gasteiger partial charge in [-0.15, -0.1) is 0 Å². The summed E-state index contributed by atoms with van der Waals surface area (Å²) in [6, 6.07) is 0. The largest absolute Gasteiger partial charge is 0.380 e. The van der Waals surface area contributed by atoms with Gasteiger partial charge in [0.2, 0.25) is 0 Å². The minimum absolute atomic E-state index is 0.198. The van der Waals surface area contributed by atoms with Crippen molar-refractivity contribution in [1.29, 1.82) is 0 Å². The Balaban J connectivity index is 2.49. The Morgan fingerprint density at radius 2 is 2.17 bits per heavy atom. The number of hydrogen-bond acceptors (Lipinski definition) is 5. The van der Waals surface area contributed by atoms with Gasteiger partial charge in [0.1, 0.15) is 0 Å². The lowest BCUT2D eigenvalue weighted by Crippen LogP contribution is -2.38. The SMILES string of the molecule is N/C(=C/[N+](=O)[O-])N1CCOCC1. The summed E-state index contributed by atoms with van der Waals surface area (Å²) in [4.78, 5) is 11.2. The summed E-state index contributed by atoms with van der Waals surface area (Å²) >= 11 is 0. The van der Waals surface area contributed by atoms with Crippen LogP contribution in [0.1, 0.15) is 0 Å². The van der Waals surface area contributed by atoms with E-state index in [1.807, 2.05) is 0 Å². The molecule has 1 aliphatic rings. The fourth-order valence-corrected chi connectivity index (χ4v) is 1.01. The molecule has 0 aromatic carbocycles. The highest BCUT2D eigenvalue weighted by Crippen LogP contribution is 2.01. The first-order chi connectivity index (χ1) is 5.70. The van der Waals surface area contributed by atoms with Crippen LogP contribution in [0, 0.1) is 10.1 Å². The first kappa shape index (κ1) is 8.79. The molecule has 0 aliphatic carbocycles. The summed E-state index contributed by atoms with van der Waals surface area (Å²) in [6.45, 7) is 2.39. The van der Waals surface area contributed by atoms with Gasteiger partial charge in [-0.25, -0.2) is 0 Å². The second-order valence-electron chi connectivity index (χ2n) is 2.44. The normalized spacial score (nSPS) is 19.3. The van der Waals surface area contributed by atoms with E-state index in [-0.39, 0.29) is 5.82 Å². The average Bonchev–Trinajstić information content (AvgIpc) is 2.05. The van der Waals surface area contributed by atoms with Crippen LogP contribution in [0.3, 0.4) is 0 Å². The Labute approximate surface area is 69.7 Å². The van der Waals surface area contributed by atoms with Gasteiger partial charge in [-0.3, -0.25) is 10.1 Å². The second kappa shape index (κ2) is 3.91. The molecule has 0 spiro atoms. The lowest BCUT2D eigenvalue weighted by atomic mass is 10.4. The second-order valence-corrected chi connectivity index (χ2v) is 2.44. The quantitative estimate of drug-likeness (QED) is 0.443. The van der Waals surface area contributed by atoms with Crippen molar-refractivity contribution in [3.05, 3.63) is 22.1 Å². The number of nitrogens with zero attached hydrogens (tertiary/aromatic N) is 2. The Kier molecular flexibility index (Phi) is 2.87. The van der Waals surface area contributed by atoms with Crippen molar-refractivity contribution in [3.63, 3.8) is 0 Å². The molecule has 1 fully saturated rings. The van der Waals surface area contributed by atoms with Gasteiger partial charge < -0.3 is 15.4 Å². The van der Waals surface area contributed by atoms with E-state index in [1.165, 1.54) is 0 Å². The van der Waals surface area contributed by atoms with Crippen molar-refractivity contribution in [1.82, 2.24) is 4.90 Å². The van der Waals surface area contributed by atoms with Crippen molar-refractivity contribution in [3.8, 4) is 0 Å². The lowest BCUT2D eigenvalue weighted by molar-refractivity contribution is -0.404.